The minimum Gasteiger partial charge on any atom is -0.310 e. The molecule has 1 nitrogen and oxygen atoms in total. The Morgan fingerprint density at radius 2 is 1.94 bits per heavy atom. The van der Waals surface area contributed by atoms with Gasteiger partial charge in [-0.3, -0.25) is 0 Å². The Morgan fingerprint density at radius 1 is 1.17 bits per heavy atom. The summed E-state index contributed by atoms with van der Waals surface area (Å²) in [6.07, 6.45) is 2.25. The molecule has 0 fully saturated rings. The van der Waals surface area contributed by atoms with Gasteiger partial charge in [0.1, 0.15) is 0 Å². The van der Waals surface area contributed by atoms with Gasteiger partial charge >= 0.3 is 0 Å². The first-order chi connectivity index (χ1) is 8.79. The third-order valence-electron chi connectivity index (χ3n) is 3.27. The van der Waals surface area contributed by atoms with Crippen LogP contribution in [0.4, 0.5) is 0 Å². The number of rotatable bonds is 6. The smallest absolute Gasteiger partial charge is 0.0317 e. The maximum Gasteiger partial charge on any atom is 0.0317 e. The van der Waals surface area contributed by atoms with Crippen molar-refractivity contribution < 1.29 is 0 Å². The van der Waals surface area contributed by atoms with Gasteiger partial charge in [0, 0.05) is 6.04 Å². The van der Waals surface area contributed by atoms with E-state index in [-0.39, 0.29) is 0 Å². The Bertz CT molecular complexity index is 444. The molecule has 0 radical (unpaired) electrons. The first-order valence-corrected chi connectivity index (χ1v) is 7.55. The van der Waals surface area contributed by atoms with E-state index in [0.717, 1.165) is 19.4 Å². The Balaban J connectivity index is 1.87. The van der Waals surface area contributed by atoms with E-state index in [4.69, 9.17) is 0 Å². The Kier molecular flexibility index (Phi) is 4.97. The molecular weight excluding hydrogens is 238 g/mol. The van der Waals surface area contributed by atoms with Crippen LogP contribution in [0.5, 0.6) is 0 Å². The summed E-state index contributed by atoms with van der Waals surface area (Å²) in [5.74, 6) is 0. The van der Waals surface area contributed by atoms with Crippen LogP contribution in [-0.4, -0.2) is 6.54 Å². The molecule has 96 valence electrons. The third kappa shape index (κ3) is 3.69. The molecule has 1 N–H and O–H groups in total. The van der Waals surface area contributed by atoms with E-state index in [9.17, 15) is 0 Å². The first kappa shape index (κ1) is 13.3. The first-order valence-electron chi connectivity index (χ1n) is 6.60. The molecule has 2 rings (SSSR count). The number of aryl methyl sites for hydroxylation is 1. The summed E-state index contributed by atoms with van der Waals surface area (Å²) in [6.45, 7) is 5.42. The molecule has 1 heterocycles. The van der Waals surface area contributed by atoms with E-state index in [0.29, 0.717) is 6.04 Å². The lowest BCUT2D eigenvalue weighted by Crippen LogP contribution is -2.23. The van der Waals surface area contributed by atoms with E-state index in [1.54, 1.807) is 11.3 Å². The number of thiophene rings is 1. The van der Waals surface area contributed by atoms with Crippen molar-refractivity contribution in [1.82, 2.24) is 5.32 Å². The van der Waals surface area contributed by atoms with Gasteiger partial charge < -0.3 is 5.32 Å². The molecule has 2 aromatic rings. The molecule has 0 saturated heterocycles. The van der Waals surface area contributed by atoms with Crippen molar-refractivity contribution in [1.29, 1.82) is 0 Å². The van der Waals surface area contributed by atoms with Crippen molar-refractivity contribution in [3.05, 3.63) is 57.8 Å². The van der Waals surface area contributed by atoms with Crippen molar-refractivity contribution in [2.75, 3.05) is 6.54 Å². The summed E-state index contributed by atoms with van der Waals surface area (Å²) < 4.78 is 0. The zero-order valence-corrected chi connectivity index (χ0v) is 12.0. The number of nitrogens with one attached hydrogen (secondary N) is 1. The largest absolute Gasteiger partial charge is 0.310 e. The van der Waals surface area contributed by atoms with Gasteiger partial charge in [-0.2, -0.15) is 11.3 Å². The van der Waals surface area contributed by atoms with Crippen LogP contribution in [0.1, 0.15) is 36.1 Å². The van der Waals surface area contributed by atoms with Crippen molar-refractivity contribution in [3.63, 3.8) is 0 Å². The molecule has 0 aliphatic heterocycles. The lowest BCUT2D eigenvalue weighted by Gasteiger charge is -2.17. The zero-order chi connectivity index (χ0) is 12.8. The highest BCUT2D eigenvalue weighted by Crippen LogP contribution is 2.17. The second-order valence-electron chi connectivity index (χ2n) is 4.71. The quantitative estimate of drug-likeness (QED) is 0.813. The molecule has 0 spiro atoms. The molecule has 1 atom stereocenters. The van der Waals surface area contributed by atoms with Crippen LogP contribution in [-0.2, 0) is 6.42 Å². The van der Waals surface area contributed by atoms with Crippen molar-refractivity contribution in [3.8, 4) is 0 Å². The summed E-state index contributed by atoms with van der Waals surface area (Å²) in [6, 6.07) is 11.5. The molecule has 0 aliphatic carbocycles. The fourth-order valence-corrected chi connectivity index (χ4v) is 2.83. The van der Waals surface area contributed by atoms with Crippen LogP contribution in [0, 0.1) is 6.92 Å². The van der Waals surface area contributed by atoms with Crippen LogP contribution >= 0.6 is 11.3 Å². The van der Waals surface area contributed by atoms with Crippen molar-refractivity contribution >= 4 is 11.3 Å². The molecular formula is C16H21NS. The van der Waals surface area contributed by atoms with Crippen LogP contribution in [0.3, 0.4) is 0 Å². The lowest BCUT2D eigenvalue weighted by atomic mass is 10.0. The van der Waals surface area contributed by atoms with Crippen LogP contribution in [0.25, 0.3) is 0 Å². The monoisotopic (exact) mass is 259 g/mol. The average molecular weight is 259 g/mol. The van der Waals surface area contributed by atoms with Gasteiger partial charge in [0.15, 0.2) is 0 Å². The summed E-state index contributed by atoms with van der Waals surface area (Å²) in [7, 11) is 0. The maximum absolute atomic E-state index is 3.65. The maximum atomic E-state index is 3.65. The molecule has 2 heteroatoms. The van der Waals surface area contributed by atoms with Gasteiger partial charge in [0.25, 0.3) is 0 Å². The van der Waals surface area contributed by atoms with E-state index in [1.807, 2.05) is 0 Å². The van der Waals surface area contributed by atoms with Crippen LogP contribution < -0.4 is 5.32 Å². The summed E-state index contributed by atoms with van der Waals surface area (Å²) in [4.78, 5) is 0. The SMILES string of the molecule is CCC(NCCc1ccsc1)c1ccc(C)cc1. The van der Waals surface area contributed by atoms with Gasteiger partial charge in [-0.25, -0.2) is 0 Å². The molecule has 1 aromatic heterocycles. The predicted octanol–water partition coefficient (Wildman–Crippen LogP) is 4.34. The highest BCUT2D eigenvalue weighted by molar-refractivity contribution is 7.07. The minimum atomic E-state index is 0.476. The average Bonchev–Trinajstić information content (AvgIpc) is 2.89. The molecule has 1 unspecified atom stereocenters. The van der Waals surface area contributed by atoms with Crippen molar-refractivity contribution in [2.45, 2.75) is 32.7 Å². The Labute approximate surface area is 114 Å². The van der Waals surface area contributed by atoms with Gasteiger partial charge in [0.2, 0.25) is 0 Å². The Morgan fingerprint density at radius 3 is 2.56 bits per heavy atom. The standard InChI is InChI=1S/C16H21NS/c1-3-16(15-6-4-13(2)5-7-15)17-10-8-14-9-11-18-12-14/h4-7,9,11-12,16-17H,3,8,10H2,1-2H3. The van der Waals surface area contributed by atoms with E-state index >= 15 is 0 Å². The third-order valence-corrected chi connectivity index (χ3v) is 4.00. The summed E-state index contributed by atoms with van der Waals surface area (Å²) >= 11 is 1.77. The second kappa shape index (κ2) is 6.72. The van der Waals surface area contributed by atoms with Gasteiger partial charge in [-0.05, 0) is 54.3 Å². The number of hydrogen-bond acceptors (Lipinski definition) is 2. The van der Waals surface area contributed by atoms with Crippen LogP contribution in [0.15, 0.2) is 41.1 Å². The molecule has 0 bridgehead atoms. The highest BCUT2D eigenvalue weighted by atomic mass is 32.1. The van der Waals surface area contributed by atoms with E-state index < -0.39 is 0 Å². The van der Waals surface area contributed by atoms with Gasteiger partial charge in [-0.15, -0.1) is 0 Å². The molecule has 0 aliphatic rings. The predicted molar refractivity (Wildman–Crippen MR) is 80.2 cm³/mol. The second-order valence-corrected chi connectivity index (χ2v) is 5.49. The zero-order valence-electron chi connectivity index (χ0n) is 11.1. The Hall–Kier alpha value is -1.12. The van der Waals surface area contributed by atoms with Gasteiger partial charge in [-0.1, -0.05) is 36.8 Å². The van der Waals surface area contributed by atoms with Crippen molar-refractivity contribution in [2.24, 2.45) is 0 Å². The number of benzene rings is 1. The minimum absolute atomic E-state index is 0.476. The normalized spacial score (nSPS) is 12.6. The van der Waals surface area contributed by atoms with Gasteiger partial charge in [0.05, 0.1) is 0 Å². The topological polar surface area (TPSA) is 12.0 Å². The summed E-state index contributed by atoms with van der Waals surface area (Å²) in [5.41, 5.74) is 4.16. The molecule has 1 aromatic carbocycles. The molecule has 0 amide bonds. The lowest BCUT2D eigenvalue weighted by molar-refractivity contribution is 0.523. The fourth-order valence-electron chi connectivity index (χ4n) is 2.12. The fraction of sp³-hybridized carbons (Fsp3) is 0.375. The van der Waals surface area contributed by atoms with E-state index in [2.05, 4.69) is 60.3 Å². The molecule has 18 heavy (non-hydrogen) atoms. The molecule has 0 saturated carbocycles. The van der Waals surface area contributed by atoms with Crippen LogP contribution in [0.2, 0.25) is 0 Å². The highest BCUT2D eigenvalue weighted by Gasteiger charge is 2.07. The number of hydrogen-bond donors (Lipinski definition) is 1. The summed E-state index contributed by atoms with van der Waals surface area (Å²) in [5, 5.41) is 8.02. The van der Waals surface area contributed by atoms with E-state index in [1.165, 1.54) is 16.7 Å².